The largest absolute Gasteiger partial charge is 0.0120 e. The van der Waals surface area contributed by atoms with Crippen LogP contribution in [0.4, 0.5) is 0 Å². The molecule has 566 valence electrons. The highest BCUT2D eigenvalue weighted by atomic mass is 30.2. The van der Waals surface area contributed by atoms with Gasteiger partial charge in [-0.05, 0) is 807 Å². The Labute approximate surface area is 790 Å². The van der Waals surface area contributed by atoms with E-state index in [1.54, 1.807) is 19.5 Å². The van der Waals surface area contributed by atoms with Crippen molar-refractivity contribution >= 4 is 807 Å². The second-order valence-corrected chi connectivity index (χ2v) is 886. The first-order valence-corrected chi connectivity index (χ1v) is 422. The van der Waals surface area contributed by atoms with Gasteiger partial charge < -0.3 is 0 Å². The van der Waals surface area contributed by atoms with E-state index >= 15 is 0 Å². The molecule has 0 aromatic heterocycles. The molecule has 0 nitrogen and oxygen atoms in total. The molecular formula is H190Si94. The topological polar surface area (TPSA) is 0 Å². The van der Waals surface area contributed by atoms with Gasteiger partial charge in [-0.15, -0.1) is 0 Å². The SMILES string of the molecule is [SiH3][SiH2][SiH2][SiH2][SiH2][SiH2][SiH2][SiH2][SiH2][SiH2][SiH2][SiH2][SiH2][SiH2][SiH2][SiH2][SiH2][SiH2][SiH2][SiH2][SiH2][SiH2][SiH2][SiH2][SiH2][SiH2][SiH2][SiH2][SiH2][SiH2][SiH2][SiH2][SiH2][SiH2][SiH2][SiH2][SiH2][SiH2][SiH2][SiH2][SiH2][SiH2][SiH2][SiH2][SiH2][SiH2][SiH2][SiH2][SiH2][SiH2][SiH2][SiH2][SiH2][SiH2][SiH2][SiH2][SiH2][SiH2][SiH2][SiH2][SiH2][SiH2][SiH2][SiH2][SiH2][SiH2][SiH2][SiH2][SiH2][SiH2][SiH2][SiH2][SiH2][SiH2][SiH2][SiH2][SiH2][SiH2][SiH2][SiH2][SiH2][SiH2][SiH2][SiH2][SiH2][SiH2][SiH2][SiH2][SiH2][SiH2][SiH2][SiH2][SiH2][SiH3]. The first-order chi connectivity index (χ1) is 46.9. The second-order valence-electron chi connectivity index (χ2n) is 32.8. The molecule has 0 fully saturated rings. The number of hydrogen-bond acceptors (Lipinski definition) is 0. The maximum atomic E-state index is 1.76. The van der Waals surface area contributed by atoms with E-state index in [4.69, 9.17) is 0 Å². The fourth-order valence-electron chi connectivity index (χ4n) is 16.1. The molecule has 0 saturated heterocycles. The molecule has 0 heterocycles. The Morgan fingerprint density at radius 2 is 0.0851 bits per heavy atom. The quantitative estimate of drug-likeness (QED) is 0.0421. The third kappa shape index (κ3) is 112. The van der Waals surface area contributed by atoms with Gasteiger partial charge in [0.1, 0.15) is 0 Å². The van der Waals surface area contributed by atoms with Gasteiger partial charge in [0, 0.05) is 0 Å². The van der Waals surface area contributed by atoms with Gasteiger partial charge in [0.2, 0.25) is 0 Å². The molecule has 94 heavy (non-hydrogen) atoms. The smallest absolute Gasteiger partial charge is 0.00934 e. The monoisotopic (exact) mass is 2820 g/mol. The predicted octanol–water partition coefficient (Wildman–Crippen LogP) is -86.7. The van der Waals surface area contributed by atoms with Crippen molar-refractivity contribution in [1.29, 1.82) is 0 Å². The van der Waals surface area contributed by atoms with E-state index in [-0.39, 0.29) is 0 Å². The van der Waals surface area contributed by atoms with E-state index in [1.165, 1.54) is 0 Å². The molecule has 0 atom stereocenters. The standard InChI is InChI=1S/H190Si94/c1-3-5-7-9-11-13-15-17-19-21-23-25-27-29-31-33-35-37-39-41-43-45-47-49-51-53-55-57-59-61-63-65-67-69-71-73-75-77-79-81-83-85-87-89-91-93-94-92-90-88-86-84-82-80-78-76-74-72-70-68-66-64-62-60-58-56-54-52-50-48-46-44-42-40-38-36-34-32-30-28-26-24-22-20-18-16-14-12-10-8-6-4-2/h3-94H2,1-2H3. The lowest BCUT2D eigenvalue weighted by molar-refractivity contribution is 3.76. The van der Waals surface area contributed by atoms with Gasteiger partial charge >= 0.3 is 0 Å². The number of rotatable bonds is 91. The van der Waals surface area contributed by atoms with Gasteiger partial charge in [-0.3, -0.25) is 0 Å². The van der Waals surface area contributed by atoms with E-state index in [2.05, 4.69) is 0 Å². The Kier molecular flexibility index (Phi) is 138. The van der Waals surface area contributed by atoms with Crippen molar-refractivity contribution in [3.8, 4) is 0 Å². The summed E-state index contributed by atoms with van der Waals surface area (Å²) < 4.78 is 0. The van der Waals surface area contributed by atoms with E-state index in [0.717, 1.165) is 787 Å². The Morgan fingerprint density at radius 1 is 0.0532 bits per heavy atom. The molecule has 0 radical (unpaired) electrons. The third-order valence-corrected chi connectivity index (χ3v) is 1860. The summed E-state index contributed by atoms with van der Waals surface area (Å²) in [5.74, 6) is 0. The third-order valence-electron chi connectivity index (χ3n) is 23.0. The lowest BCUT2D eigenvalue weighted by Gasteiger charge is -2.01. The Balaban J connectivity index is 3.09. The van der Waals surface area contributed by atoms with Gasteiger partial charge in [0.15, 0.2) is 0 Å². The van der Waals surface area contributed by atoms with E-state index in [1.807, 2.05) is 0 Å². The molecule has 94 heteroatoms. The summed E-state index contributed by atoms with van der Waals surface area (Å²) >= 11 is 0. The summed E-state index contributed by atoms with van der Waals surface area (Å²) in [6.45, 7) is 0. The van der Waals surface area contributed by atoms with Crippen molar-refractivity contribution in [3.05, 3.63) is 0 Å². The lowest BCUT2D eigenvalue weighted by Crippen LogP contribution is -2.38. The highest BCUT2D eigenvalue weighted by molar-refractivity contribution is 7.84. The van der Waals surface area contributed by atoms with Crippen LogP contribution in [0.5, 0.6) is 0 Å². The number of hydrogen-bond donors (Lipinski definition) is 0. The molecule has 0 amide bonds. The van der Waals surface area contributed by atoms with Crippen molar-refractivity contribution in [2.45, 2.75) is 0 Å². The van der Waals surface area contributed by atoms with E-state index in [0.29, 0.717) is 0 Å². The minimum absolute atomic E-state index is 0.819. The van der Waals surface area contributed by atoms with Crippen LogP contribution < -0.4 is 0 Å². The van der Waals surface area contributed by atoms with Crippen LogP contribution in [0.25, 0.3) is 0 Å². The van der Waals surface area contributed by atoms with Crippen molar-refractivity contribution in [2.24, 2.45) is 0 Å². The van der Waals surface area contributed by atoms with Gasteiger partial charge in [-0.25, -0.2) is 0 Å². The molecule has 0 saturated carbocycles. The highest BCUT2D eigenvalue weighted by Crippen LogP contribution is 1.70. The molecule has 0 rings (SSSR count). The Morgan fingerprint density at radius 3 is 0.117 bits per heavy atom. The summed E-state index contributed by atoms with van der Waals surface area (Å²) in [4.78, 5) is 0. The molecule has 0 spiro atoms. The van der Waals surface area contributed by atoms with Crippen molar-refractivity contribution in [1.82, 2.24) is 0 Å². The van der Waals surface area contributed by atoms with Gasteiger partial charge in [0.05, 0.1) is 0 Å². The first-order valence-electron chi connectivity index (χ1n) is 46.9. The van der Waals surface area contributed by atoms with Crippen molar-refractivity contribution < 1.29 is 0 Å². The van der Waals surface area contributed by atoms with Gasteiger partial charge in [-0.2, -0.15) is 0 Å². The first kappa shape index (κ1) is 114. The summed E-state index contributed by atoms with van der Waals surface area (Å²) in [7, 11) is 89.8. The zero-order valence-electron chi connectivity index (χ0n) is 67.1. The molecule has 0 aliphatic rings. The second kappa shape index (κ2) is 113. The lowest BCUT2D eigenvalue weighted by atomic mass is 26.1. The molecule has 0 aromatic carbocycles. The van der Waals surface area contributed by atoms with Crippen LogP contribution in [0.1, 0.15) is 0 Å². The van der Waals surface area contributed by atoms with E-state index in [9.17, 15) is 0 Å². The predicted molar refractivity (Wildman–Crippen MR) is 806 cm³/mol. The van der Waals surface area contributed by atoms with Crippen LogP contribution in [0, 0.1) is 0 Å². The van der Waals surface area contributed by atoms with Gasteiger partial charge in [0.25, 0.3) is 0 Å². The molecule has 0 N–H and O–H groups in total. The summed E-state index contributed by atoms with van der Waals surface area (Å²) in [5, 5.41) is 0. The molecule has 0 unspecified atom stereocenters. The fourth-order valence-corrected chi connectivity index (χ4v) is 3900. The van der Waals surface area contributed by atoms with Crippen LogP contribution in [0.2, 0.25) is 0 Å². The van der Waals surface area contributed by atoms with Crippen LogP contribution in [-0.4, -0.2) is 807 Å². The van der Waals surface area contributed by atoms with Crippen molar-refractivity contribution in [3.63, 3.8) is 0 Å². The zero-order chi connectivity index (χ0) is 67.1. The summed E-state index contributed by atoms with van der Waals surface area (Å²) in [6, 6.07) is 0. The maximum Gasteiger partial charge on any atom is -0.00934 e. The van der Waals surface area contributed by atoms with Crippen LogP contribution in [0.3, 0.4) is 0 Å². The van der Waals surface area contributed by atoms with Crippen LogP contribution in [0.15, 0.2) is 0 Å². The zero-order valence-corrected chi connectivity index (χ0v) is 201. The maximum absolute atomic E-state index is 1.76. The summed E-state index contributed by atoms with van der Waals surface area (Å²) in [6.07, 6.45) is 0. The fraction of sp³-hybridized carbons (Fsp3) is 0. The average molecular weight is 2830 g/mol. The van der Waals surface area contributed by atoms with Gasteiger partial charge in [-0.1, -0.05) is 0 Å². The minimum atomic E-state index is 0.819. The van der Waals surface area contributed by atoms with Crippen molar-refractivity contribution in [2.75, 3.05) is 0 Å². The molecular weight excluding hydrogens is 2640 g/mol. The van der Waals surface area contributed by atoms with Crippen LogP contribution >= 0.6 is 0 Å². The minimum Gasteiger partial charge on any atom is -0.0120 e. The Hall–Kier alpha value is 20.4. The molecule has 0 aliphatic heterocycles. The molecule has 0 aromatic rings. The van der Waals surface area contributed by atoms with Crippen LogP contribution in [-0.2, 0) is 0 Å². The summed E-state index contributed by atoms with van der Waals surface area (Å²) in [5.41, 5.74) is 0. The normalized spacial score (nSPS) is 23.6. The average Bonchev–Trinajstić information content (AvgIpc) is 3.59. The highest BCUT2D eigenvalue weighted by Gasteiger charge is 2.08. The molecule has 0 aliphatic carbocycles. The van der Waals surface area contributed by atoms with E-state index < -0.39 is 0 Å². The molecule has 0 bridgehead atoms. The Bertz CT molecular complexity index is 1110.